The number of amides is 1. The van der Waals surface area contributed by atoms with E-state index < -0.39 is 0 Å². The molecule has 0 bridgehead atoms. The summed E-state index contributed by atoms with van der Waals surface area (Å²) in [4.78, 5) is 27.4. The van der Waals surface area contributed by atoms with Crippen molar-refractivity contribution in [3.8, 4) is 0 Å². The Balaban J connectivity index is 1.80. The van der Waals surface area contributed by atoms with Crippen LogP contribution >= 0.6 is 0 Å². The Bertz CT molecular complexity index is 490. The van der Waals surface area contributed by atoms with E-state index in [1.165, 1.54) is 7.11 Å². The van der Waals surface area contributed by atoms with Gasteiger partial charge in [-0.2, -0.15) is 0 Å². The topological polar surface area (TPSA) is 63.0 Å². The number of carbonyl (C=O) groups is 2. The molecule has 1 amide bonds. The summed E-state index contributed by atoms with van der Waals surface area (Å²) >= 11 is 0. The molecule has 0 saturated carbocycles. The lowest BCUT2D eigenvalue weighted by Crippen LogP contribution is -2.49. The number of methoxy groups -OCH3 is 1. The maximum absolute atomic E-state index is 12.3. The van der Waals surface area contributed by atoms with Gasteiger partial charge in [-0.15, -0.1) is 0 Å². The number of rotatable bonds is 5. The molecular weight excluding hydrogens is 272 g/mol. The normalized spacial score (nSPS) is 16.0. The van der Waals surface area contributed by atoms with Gasteiger partial charge in [0.05, 0.1) is 13.5 Å². The van der Waals surface area contributed by atoms with E-state index in [-0.39, 0.29) is 11.9 Å². The first-order chi connectivity index (χ1) is 10.1. The van der Waals surface area contributed by atoms with Crippen molar-refractivity contribution in [2.24, 2.45) is 0 Å². The SMILES string of the molecule is CCc1ccc(C(=O)N2CCN(CCC(=O)OC)CC2)o1. The highest BCUT2D eigenvalue weighted by atomic mass is 16.5. The van der Waals surface area contributed by atoms with Crippen LogP contribution in [0.2, 0.25) is 0 Å². The number of ether oxygens (including phenoxy) is 1. The van der Waals surface area contributed by atoms with Crippen LogP contribution in [0.1, 0.15) is 29.7 Å². The quantitative estimate of drug-likeness (QED) is 0.763. The number of carbonyl (C=O) groups excluding carboxylic acids is 2. The third-order valence-corrected chi connectivity index (χ3v) is 3.74. The summed E-state index contributed by atoms with van der Waals surface area (Å²) in [7, 11) is 1.40. The predicted octanol–water partition coefficient (Wildman–Crippen LogP) is 1.16. The number of aryl methyl sites for hydroxylation is 1. The Morgan fingerprint density at radius 2 is 1.95 bits per heavy atom. The lowest BCUT2D eigenvalue weighted by atomic mass is 10.2. The van der Waals surface area contributed by atoms with Gasteiger partial charge in [0.25, 0.3) is 5.91 Å². The Labute approximate surface area is 124 Å². The van der Waals surface area contributed by atoms with Gasteiger partial charge in [0, 0.05) is 39.1 Å². The van der Waals surface area contributed by atoms with E-state index in [1.807, 2.05) is 13.0 Å². The third-order valence-electron chi connectivity index (χ3n) is 3.74. The van der Waals surface area contributed by atoms with Crippen LogP contribution in [0.25, 0.3) is 0 Å². The van der Waals surface area contributed by atoms with Crippen molar-refractivity contribution in [2.45, 2.75) is 19.8 Å². The van der Waals surface area contributed by atoms with Crippen LogP contribution in [0.3, 0.4) is 0 Å². The molecule has 1 aromatic heterocycles. The van der Waals surface area contributed by atoms with Crippen molar-refractivity contribution in [3.63, 3.8) is 0 Å². The maximum atomic E-state index is 12.3. The zero-order chi connectivity index (χ0) is 15.2. The molecule has 1 aliphatic heterocycles. The van der Waals surface area contributed by atoms with Gasteiger partial charge in [0.1, 0.15) is 5.76 Å². The van der Waals surface area contributed by atoms with Crippen molar-refractivity contribution in [1.29, 1.82) is 0 Å². The van der Waals surface area contributed by atoms with Gasteiger partial charge in [-0.05, 0) is 12.1 Å². The standard InChI is InChI=1S/C15H22N2O4/c1-3-12-4-5-13(21-12)15(19)17-10-8-16(9-11-17)7-6-14(18)20-2/h4-5H,3,6-11H2,1-2H3. The largest absolute Gasteiger partial charge is 0.469 e. The van der Waals surface area contributed by atoms with Gasteiger partial charge >= 0.3 is 5.97 Å². The summed E-state index contributed by atoms with van der Waals surface area (Å²) in [6.45, 7) is 5.51. The van der Waals surface area contributed by atoms with E-state index in [9.17, 15) is 9.59 Å². The highest BCUT2D eigenvalue weighted by molar-refractivity contribution is 5.91. The second kappa shape index (κ2) is 7.26. The minimum absolute atomic E-state index is 0.0534. The lowest BCUT2D eigenvalue weighted by molar-refractivity contribution is -0.141. The van der Waals surface area contributed by atoms with Crippen LogP contribution < -0.4 is 0 Å². The molecule has 0 aromatic carbocycles. The molecule has 0 aliphatic carbocycles. The van der Waals surface area contributed by atoms with Gasteiger partial charge in [-0.1, -0.05) is 6.92 Å². The molecule has 0 spiro atoms. The molecule has 1 saturated heterocycles. The number of nitrogens with zero attached hydrogens (tertiary/aromatic N) is 2. The fourth-order valence-electron chi connectivity index (χ4n) is 2.36. The molecule has 0 unspecified atom stereocenters. The van der Waals surface area contributed by atoms with Crippen LogP contribution in [-0.2, 0) is 16.0 Å². The Morgan fingerprint density at radius 3 is 2.52 bits per heavy atom. The summed E-state index contributed by atoms with van der Waals surface area (Å²) in [6, 6.07) is 3.59. The minimum Gasteiger partial charge on any atom is -0.469 e. The Hall–Kier alpha value is -1.82. The number of hydrogen-bond donors (Lipinski definition) is 0. The summed E-state index contributed by atoms with van der Waals surface area (Å²) in [5.74, 6) is 0.989. The highest BCUT2D eigenvalue weighted by Gasteiger charge is 2.24. The van der Waals surface area contributed by atoms with Gasteiger partial charge in [0.15, 0.2) is 5.76 Å². The van der Waals surface area contributed by atoms with Gasteiger partial charge in [-0.25, -0.2) is 0 Å². The van der Waals surface area contributed by atoms with Gasteiger partial charge in [0.2, 0.25) is 0 Å². The number of esters is 1. The smallest absolute Gasteiger partial charge is 0.306 e. The van der Waals surface area contributed by atoms with E-state index in [0.29, 0.717) is 31.8 Å². The average molecular weight is 294 g/mol. The summed E-state index contributed by atoms with van der Waals surface area (Å²) < 4.78 is 10.1. The average Bonchev–Trinajstić information content (AvgIpc) is 3.01. The summed E-state index contributed by atoms with van der Waals surface area (Å²) in [5.41, 5.74) is 0. The number of furan rings is 1. The van der Waals surface area contributed by atoms with E-state index in [1.54, 1.807) is 11.0 Å². The monoisotopic (exact) mass is 294 g/mol. The third kappa shape index (κ3) is 4.07. The Morgan fingerprint density at radius 1 is 1.24 bits per heavy atom. The second-order valence-electron chi connectivity index (χ2n) is 5.08. The van der Waals surface area contributed by atoms with Crippen LogP contribution in [0.15, 0.2) is 16.5 Å². The molecule has 0 atom stereocenters. The van der Waals surface area contributed by atoms with Crippen LogP contribution in [-0.4, -0.2) is 61.5 Å². The van der Waals surface area contributed by atoms with Crippen molar-refractivity contribution in [1.82, 2.24) is 9.80 Å². The van der Waals surface area contributed by atoms with E-state index in [2.05, 4.69) is 9.64 Å². The van der Waals surface area contributed by atoms with Crippen molar-refractivity contribution in [2.75, 3.05) is 39.8 Å². The van der Waals surface area contributed by atoms with E-state index in [0.717, 1.165) is 25.3 Å². The van der Waals surface area contributed by atoms with Gasteiger partial charge in [-0.3, -0.25) is 14.5 Å². The van der Waals surface area contributed by atoms with Crippen LogP contribution in [0, 0.1) is 0 Å². The maximum Gasteiger partial charge on any atom is 0.306 e. The summed E-state index contributed by atoms with van der Waals surface area (Å²) in [5, 5.41) is 0. The molecule has 2 heterocycles. The van der Waals surface area contributed by atoms with Crippen molar-refractivity contribution < 1.29 is 18.7 Å². The zero-order valence-electron chi connectivity index (χ0n) is 12.6. The molecular formula is C15H22N2O4. The molecule has 116 valence electrons. The van der Waals surface area contributed by atoms with Crippen LogP contribution in [0.5, 0.6) is 0 Å². The van der Waals surface area contributed by atoms with Crippen LogP contribution in [0.4, 0.5) is 0 Å². The van der Waals surface area contributed by atoms with Crippen molar-refractivity contribution in [3.05, 3.63) is 23.7 Å². The zero-order valence-corrected chi connectivity index (χ0v) is 12.6. The molecule has 21 heavy (non-hydrogen) atoms. The number of hydrogen-bond acceptors (Lipinski definition) is 5. The minimum atomic E-state index is -0.198. The molecule has 1 aliphatic rings. The molecule has 1 fully saturated rings. The molecule has 0 N–H and O–H groups in total. The van der Waals surface area contributed by atoms with E-state index >= 15 is 0 Å². The Kier molecular flexibility index (Phi) is 5.38. The molecule has 1 aromatic rings. The fourth-order valence-corrected chi connectivity index (χ4v) is 2.36. The van der Waals surface area contributed by atoms with E-state index in [4.69, 9.17) is 4.42 Å². The number of piperazine rings is 1. The second-order valence-corrected chi connectivity index (χ2v) is 5.08. The van der Waals surface area contributed by atoms with Crippen molar-refractivity contribution >= 4 is 11.9 Å². The molecule has 6 heteroatoms. The first-order valence-corrected chi connectivity index (χ1v) is 7.31. The highest BCUT2D eigenvalue weighted by Crippen LogP contribution is 2.13. The molecule has 2 rings (SSSR count). The first-order valence-electron chi connectivity index (χ1n) is 7.31. The molecule has 0 radical (unpaired) electrons. The fraction of sp³-hybridized carbons (Fsp3) is 0.600. The summed E-state index contributed by atoms with van der Waals surface area (Å²) in [6.07, 6.45) is 1.18. The van der Waals surface area contributed by atoms with Gasteiger partial charge < -0.3 is 14.1 Å². The predicted molar refractivity (Wildman–Crippen MR) is 77.1 cm³/mol. The lowest BCUT2D eigenvalue weighted by Gasteiger charge is -2.34. The molecule has 6 nitrogen and oxygen atoms in total. The first kappa shape index (κ1) is 15.6.